The second kappa shape index (κ2) is 8.17. The molecule has 0 unspecified atom stereocenters. The van der Waals surface area contributed by atoms with Crippen molar-refractivity contribution in [1.82, 2.24) is 24.4 Å². The molecule has 0 radical (unpaired) electrons. The van der Waals surface area contributed by atoms with Gasteiger partial charge in [-0.3, -0.25) is 4.68 Å². The lowest BCUT2D eigenvalue weighted by Crippen LogP contribution is -2.22. The van der Waals surface area contributed by atoms with E-state index in [1.807, 2.05) is 30.6 Å². The Hall–Kier alpha value is -3.15. The topological polar surface area (TPSA) is 92.0 Å². The zero-order valence-corrected chi connectivity index (χ0v) is 18.0. The van der Waals surface area contributed by atoms with Crippen molar-refractivity contribution >= 4 is 17.3 Å². The number of pyridine rings is 2. The maximum Gasteiger partial charge on any atom is 0.103 e. The van der Waals surface area contributed by atoms with Crippen LogP contribution in [0.1, 0.15) is 43.0 Å². The number of fused-ring (bicyclic) bond motifs is 1. The summed E-state index contributed by atoms with van der Waals surface area (Å²) in [5.74, 6) is 0. The smallest absolute Gasteiger partial charge is 0.103 e. The fourth-order valence-corrected chi connectivity index (χ4v) is 5.26. The molecule has 0 aromatic carbocycles. The summed E-state index contributed by atoms with van der Waals surface area (Å²) in [6.45, 7) is 2.09. The van der Waals surface area contributed by atoms with E-state index in [1.54, 1.807) is 16.9 Å². The molecule has 31 heavy (non-hydrogen) atoms. The minimum absolute atomic E-state index is 0.186. The van der Waals surface area contributed by atoms with Crippen LogP contribution in [0.3, 0.4) is 0 Å². The molecular formula is C23H22N6OS. The average Bonchev–Trinajstić information content (AvgIpc) is 3.38. The third-order valence-electron chi connectivity index (χ3n) is 5.92. The van der Waals surface area contributed by atoms with Crippen LogP contribution >= 0.6 is 11.8 Å². The lowest BCUT2D eigenvalue weighted by atomic mass is 9.93. The van der Waals surface area contributed by atoms with Crippen molar-refractivity contribution in [2.75, 3.05) is 0 Å². The molecule has 0 atom stereocenters. The van der Waals surface area contributed by atoms with Gasteiger partial charge in [-0.05, 0) is 50.8 Å². The molecule has 156 valence electrons. The molecule has 0 amide bonds. The van der Waals surface area contributed by atoms with Crippen molar-refractivity contribution in [1.29, 1.82) is 5.26 Å². The molecule has 7 nitrogen and oxygen atoms in total. The summed E-state index contributed by atoms with van der Waals surface area (Å²) in [6.07, 6.45) is 10.6. The van der Waals surface area contributed by atoms with Crippen LogP contribution < -0.4 is 0 Å². The van der Waals surface area contributed by atoms with Gasteiger partial charge in [0.25, 0.3) is 0 Å². The van der Waals surface area contributed by atoms with Gasteiger partial charge in [-0.15, -0.1) is 0 Å². The van der Waals surface area contributed by atoms with E-state index >= 15 is 0 Å². The number of aliphatic hydroxyl groups excluding tert-OH is 1. The molecule has 1 aliphatic carbocycles. The highest BCUT2D eigenvalue weighted by Gasteiger charge is 2.24. The normalized spacial score (nSPS) is 18.9. The van der Waals surface area contributed by atoms with E-state index in [0.29, 0.717) is 11.6 Å². The molecule has 8 heteroatoms. The van der Waals surface area contributed by atoms with Crippen LogP contribution in [0.15, 0.2) is 59.0 Å². The van der Waals surface area contributed by atoms with E-state index < -0.39 is 0 Å². The molecule has 5 rings (SSSR count). The third-order valence-corrected chi connectivity index (χ3v) is 6.90. The number of hydrogen-bond acceptors (Lipinski definition) is 6. The molecule has 1 aliphatic rings. The van der Waals surface area contributed by atoms with Gasteiger partial charge in [-0.25, -0.2) is 9.50 Å². The van der Waals surface area contributed by atoms with Crippen LogP contribution in [0, 0.1) is 18.3 Å². The Balaban J connectivity index is 1.57. The number of aromatic nitrogens is 5. The Morgan fingerprint density at radius 1 is 1.16 bits per heavy atom. The summed E-state index contributed by atoms with van der Waals surface area (Å²) in [6, 6.07) is 10.4. The highest BCUT2D eigenvalue weighted by molar-refractivity contribution is 7.99. The van der Waals surface area contributed by atoms with Crippen molar-refractivity contribution in [2.45, 2.75) is 54.7 Å². The predicted octanol–water partition coefficient (Wildman–Crippen LogP) is 4.40. The van der Waals surface area contributed by atoms with Crippen molar-refractivity contribution < 1.29 is 5.11 Å². The molecule has 1 saturated carbocycles. The van der Waals surface area contributed by atoms with Crippen LogP contribution in [-0.4, -0.2) is 35.6 Å². The highest BCUT2D eigenvalue weighted by atomic mass is 32.2. The Morgan fingerprint density at radius 3 is 2.74 bits per heavy atom. The van der Waals surface area contributed by atoms with Crippen LogP contribution in [-0.2, 0) is 0 Å². The maximum absolute atomic E-state index is 9.83. The van der Waals surface area contributed by atoms with Gasteiger partial charge in [0.05, 0.1) is 35.6 Å². The predicted molar refractivity (Wildman–Crippen MR) is 118 cm³/mol. The summed E-state index contributed by atoms with van der Waals surface area (Å²) in [4.78, 5) is 5.35. The van der Waals surface area contributed by atoms with Gasteiger partial charge < -0.3 is 5.11 Å². The van der Waals surface area contributed by atoms with Gasteiger partial charge in [-0.2, -0.15) is 15.5 Å². The van der Waals surface area contributed by atoms with Crippen LogP contribution in [0.2, 0.25) is 0 Å². The molecule has 4 aromatic rings. The fraction of sp³-hybridized carbons (Fsp3) is 0.304. The van der Waals surface area contributed by atoms with Crippen molar-refractivity contribution in [3.05, 3.63) is 60.3 Å². The number of aliphatic hydroxyl groups is 1. The fourth-order valence-electron chi connectivity index (χ4n) is 4.29. The Morgan fingerprint density at radius 2 is 2.00 bits per heavy atom. The van der Waals surface area contributed by atoms with Gasteiger partial charge in [0.2, 0.25) is 0 Å². The Labute approximate surface area is 184 Å². The van der Waals surface area contributed by atoms with Crippen LogP contribution in [0.4, 0.5) is 0 Å². The van der Waals surface area contributed by atoms with Gasteiger partial charge in [0.1, 0.15) is 11.1 Å². The van der Waals surface area contributed by atoms with E-state index in [0.717, 1.165) is 57.9 Å². The van der Waals surface area contributed by atoms with Gasteiger partial charge >= 0.3 is 0 Å². The first-order valence-corrected chi connectivity index (χ1v) is 11.2. The number of hydrogen-bond donors (Lipinski definition) is 1. The lowest BCUT2D eigenvalue weighted by Gasteiger charge is -2.26. The van der Waals surface area contributed by atoms with E-state index in [1.165, 1.54) is 11.8 Å². The molecule has 0 spiro atoms. The molecule has 4 aromatic heterocycles. The third kappa shape index (κ3) is 3.71. The van der Waals surface area contributed by atoms with Crippen LogP contribution in [0.25, 0.3) is 16.6 Å². The monoisotopic (exact) mass is 430 g/mol. The first-order valence-electron chi connectivity index (χ1n) is 10.4. The number of nitrogens with zero attached hydrogens (tertiary/aromatic N) is 6. The first-order chi connectivity index (χ1) is 15.1. The maximum atomic E-state index is 9.83. The molecular weight excluding hydrogens is 408 g/mol. The summed E-state index contributed by atoms with van der Waals surface area (Å²) in [7, 11) is 0. The van der Waals surface area contributed by atoms with Gasteiger partial charge in [-0.1, -0.05) is 17.8 Å². The first kappa shape index (κ1) is 19.8. The van der Waals surface area contributed by atoms with Crippen LogP contribution in [0.5, 0.6) is 0 Å². The number of rotatable bonds is 4. The molecule has 0 saturated heterocycles. The zero-order valence-electron chi connectivity index (χ0n) is 17.1. The number of nitriles is 1. The molecule has 0 aliphatic heterocycles. The Kier molecular flexibility index (Phi) is 5.22. The summed E-state index contributed by atoms with van der Waals surface area (Å²) < 4.78 is 3.87. The molecule has 0 bridgehead atoms. The van der Waals surface area contributed by atoms with E-state index in [9.17, 15) is 10.4 Å². The highest BCUT2D eigenvalue weighted by Crippen LogP contribution is 2.37. The van der Waals surface area contributed by atoms with Crippen molar-refractivity contribution in [2.24, 2.45) is 0 Å². The summed E-state index contributed by atoms with van der Waals surface area (Å²) >= 11 is 1.52. The van der Waals surface area contributed by atoms with Gasteiger partial charge in [0, 0.05) is 34.1 Å². The summed E-state index contributed by atoms with van der Waals surface area (Å²) in [5.41, 5.74) is 4.47. The minimum Gasteiger partial charge on any atom is -0.393 e. The quantitative estimate of drug-likeness (QED) is 0.516. The molecule has 4 heterocycles. The minimum atomic E-state index is -0.186. The zero-order chi connectivity index (χ0) is 21.4. The second-order valence-electron chi connectivity index (χ2n) is 7.88. The largest absolute Gasteiger partial charge is 0.393 e. The van der Waals surface area contributed by atoms with E-state index in [-0.39, 0.29) is 6.10 Å². The average molecular weight is 431 g/mol. The SMILES string of the molecule is Cc1c(-c2cc(Sc3ccccn3)c3c(C#N)cnn3c2)cnn1C1CCC(O)CC1. The Bertz CT molecular complexity index is 1260. The molecule has 1 fully saturated rings. The van der Waals surface area contributed by atoms with Crippen molar-refractivity contribution in [3.8, 4) is 17.2 Å². The van der Waals surface area contributed by atoms with E-state index in [4.69, 9.17) is 0 Å². The summed E-state index contributed by atoms with van der Waals surface area (Å²) in [5, 5.41) is 29.4. The lowest BCUT2D eigenvalue weighted by molar-refractivity contribution is 0.107. The van der Waals surface area contributed by atoms with Crippen molar-refractivity contribution in [3.63, 3.8) is 0 Å². The standard InChI is InChI=1S/C23H22N6OS/c1-15-20(13-27-29(15)18-5-7-19(30)8-6-18)16-10-21(31-22-4-2-3-9-25-22)23-17(11-24)12-26-28(23)14-16/h2-4,9-10,12-14,18-19,30H,5-8H2,1H3. The van der Waals surface area contributed by atoms with E-state index in [2.05, 4.69) is 38.9 Å². The van der Waals surface area contributed by atoms with Gasteiger partial charge in [0.15, 0.2) is 0 Å². The molecule has 1 N–H and O–H groups in total. The second-order valence-corrected chi connectivity index (χ2v) is 8.94.